The number of nitrogens with zero attached hydrogens (tertiary/aromatic N) is 1. The van der Waals surface area contributed by atoms with Gasteiger partial charge in [-0.3, -0.25) is 9.69 Å². The summed E-state index contributed by atoms with van der Waals surface area (Å²) in [5, 5.41) is 1.01. The molecular weight excluding hydrogens is 289 g/mol. The summed E-state index contributed by atoms with van der Waals surface area (Å²) in [6.07, 6.45) is 1.15. The van der Waals surface area contributed by atoms with Gasteiger partial charge in [-0.05, 0) is 37.4 Å². The molecule has 0 aliphatic carbocycles. The molecule has 98 valence electrons. The molecule has 0 N–H and O–H groups in total. The molecule has 0 bridgehead atoms. The standard InChI is InChI=1S/C13H15Cl2NOS/c1-16(10-4-5-18-8-10)7-13(17)11-6-9(14)2-3-12(11)15/h2-3,6,10H,4-5,7-8H2,1H3. The molecule has 1 aliphatic rings. The van der Waals surface area contributed by atoms with Crippen LogP contribution >= 0.6 is 35.0 Å². The number of carbonyl (C=O) groups is 1. The zero-order valence-electron chi connectivity index (χ0n) is 10.2. The summed E-state index contributed by atoms with van der Waals surface area (Å²) < 4.78 is 0. The molecule has 1 unspecified atom stereocenters. The molecule has 1 heterocycles. The predicted molar refractivity (Wildman–Crippen MR) is 79.2 cm³/mol. The van der Waals surface area contributed by atoms with Gasteiger partial charge in [-0.2, -0.15) is 11.8 Å². The summed E-state index contributed by atoms with van der Waals surface area (Å²) >= 11 is 13.9. The van der Waals surface area contributed by atoms with Gasteiger partial charge < -0.3 is 0 Å². The number of hydrogen-bond acceptors (Lipinski definition) is 3. The first-order valence-electron chi connectivity index (χ1n) is 5.84. The van der Waals surface area contributed by atoms with Crippen LogP contribution in [0.3, 0.4) is 0 Å². The predicted octanol–water partition coefficient (Wildman–Crippen LogP) is 3.61. The first-order chi connectivity index (χ1) is 8.58. The van der Waals surface area contributed by atoms with Crippen LogP contribution in [0.1, 0.15) is 16.8 Å². The molecule has 2 rings (SSSR count). The van der Waals surface area contributed by atoms with Crippen LogP contribution in [0.5, 0.6) is 0 Å². The molecule has 1 fully saturated rings. The molecule has 2 nitrogen and oxygen atoms in total. The number of ketones is 1. The highest BCUT2D eigenvalue weighted by molar-refractivity contribution is 7.99. The van der Waals surface area contributed by atoms with Gasteiger partial charge in [-0.1, -0.05) is 23.2 Å². The van der Waals surface area contributed by atoms with E-state index in [1.54, 1.807) is 18.2 Å². The molecule has 0 aromatic heterocycles. The average Bonchev–Trinajstić information content (AvgIpc) is 2.85. The Morgan fingerprint density at radius 3 is 2.94 bits per heavy atom. The Balaban J connectivity index is 2.04. The number of benzene rings is 1. The molecule has 5 heteroatoms. The second kappa shape index (κ2) is 6.29. The fourth-order valence-electron chi connectivity index (χ4n) is 2.02. The summed E-state index contributed by atoms with van der Waals surface area (Å²) in [6, 6.07) is 5.50. The lowest BCUT2D eigenvalue weighted by Gasteiger charge is -2.22. The number of carbonyl (C=O) groups excluding carboxylic acids is 1. The summed E-state index contributed by atoms with van der Waals surface area (Å²) in [4.78, 5) is 14.3. The van der Waals surface area contributed by atoms with Gasteiger partial charge in [0.2, 0.25) is 0 Å². The van der Waals surface area contributed by atoms with E-state index in [0.29, 0.717) is 28.2 Å². The van der Waals surface area contributed by atoms with Crippen molar-refractivity contribution in [2.45, 2.75) is 12.5 Å². The molecule has 1 atom stereocenters. The number of halogens is 2. The van der Waals surface area contributed by atoms with Crippen LogP contribution in [0.2, 0.25) is 10.0 Å². The monoisotopic (exact) mass is 303 g/mol. The molecule has 0 amide bonds. The number of likely N-dealkylation sites (N-methyl/N-ethyl adjacent to an activating group) is 1. The highest BCUT2D eigenvalue weighted by atomic mass is 35.5. The SMILES string of the molecule is CN(CC(=O)c1cc(Cl)ccc1Cl)C1CCSC1. The molecule has 18 heavy (non-hydrogen) atoms. The van der Waals surface area contributed by atoms with Gasteiger partial charge in [-0.25, -0.2) is 0 Å². The van der Waals surface area contributed by atoms with E-state index in [9.17, 15) is 4.79 Å². The van der Waals surface area contributed by atoms with Gasteiger partial charge >= 0.3 is 0 Å². The van der Waals surface area contributed by atoms with E-state index in [2.05, 4.69) is 4.90 Å². The third kappa shape index (κ3) is 3.41. The number of Topliss-reactive ketones (excluding diaryl/α,β-unsaturated/α-hetero) is 1. The Morgan fingerprint density at radius 1 is 1.50 bits per heavy atom. The van der Waals surface area contributed by atoms with Crippen LogP contribution < -0.4 is 0 Å². The van der Waals surface area contributed by atoms with Crippen LogP contribution in [0, 0.1) is 0 Å². The van der Waals surface area contributed by atoms with E-state index in [1.165, 1.54) is 5.75 Å². The van der Waals surface area contributed by atoms with Crippen molar-refractivity contribution in [2.75, 3.05) is 25.1 Å². The zero-order chi connectivity index (χ0) is 13.1. The van der Waals surface area contributed by atoms with Gasteiger partial charge in [0.1, 0.15) is 0 Å². The van der Waals surface area contributed by atoms with Gasteiger partial charge in [0.25, 0.3) is 0 Å². The molecule has 1 aliphatic heterocycles. The van der Waals surface area contributed by atoms with Crippen LogP contribution in [0.25, 0.3) is 0 Å². The third-order valence-electron chi connectivity index (χ3n) is 3.15. The van der Waals surface area contributed by atoms with Crippen LogP contribution in [-0.4, -0.2) is 41.8 Å². The molecule has 1 aromatic rings. The third-order valence-corrected chi connectivity index (χ3v) is 4.86. The van der Waals surface area contributed by atoms with Gasteiger partial charge in [-0.15, -0.1) is 0 Å². The lowest BCUT2D eigenvalue weighted by atomic mass is 10.1. The second-order valence-corrected chi connectivity index (χ2v) is 6.47. The molecular formula is C13H15Cl2NOS. The first-order valence-corrected chi connectivity index (χ1v) is 7.75. The molecule has 0 saturated carbocycles. The minimum absolute atomic E-state index is 0.0295. The van der Waals surface area contributed by atoms with Crippen molar-refractivity contribution in [3.63, 3.8) is 0 Å². The maximum absolute atomic E-state index is 12.2. The maximum Gasteiger partial charge on any atom is 0.178 e. The van der Waals surface area contributed by atoms with Crippen LogP contribution in [0.15, 0.2) is 18.2 Å². The Bertz CT molecular complexity index is 447. The fraction of sp³-hybridized carbons (Fsp3) is 0.462. The van der Waals surface area contributed by atoms with Crippen LogP contribution in [0.4, 0.5) is 0 Å². The largest absolute Gasteiger partial charge is 0.295 e. The Kier molecular flexibility index (Phi) is 4.96. The smallest absolute Gasteiger partial charge is 0.178 e. The zero-order valence-corrected chi connectivity index (χ0v) is 12.5. The Labute approximate surface area is 122 Å². The van der Waals surface area contributed by atoms with Crippen molar-refractivity contribution in [3.8, 4) is 0 Å². The minimum Gasteiger partial charge on any atom is -0.295 e. The fourth-order valence-corrected chi connectivity index (χ4v) is 3.72. The molecule has 0 spiro atoms. The van der Waals surface area contributed by atoms with E-state index < -0.39 is 0 Å². The Morgan fingerprint density at radius 2 is 2.28 bits per heavy atom. The van der Waals surface area contributed by atoms with Gasteiger partial charge in [0, 0.05) is 22.4 Å². The van der Waals surface area contributed by atoms with Crippen LogP contribution in [-0.2, 0) is 0 Å². The molecule has 0 radical (unpaired) electrons. The topological polar surface area (TPSA) is 20.3 Å². The van der Waals surface area contributed by atoms with Crippen molar-refractivity contribution < 1.29 is 4.79 Å². The van der Waals surface area contributed by atoms with E-state index in [4.69, 9.17) is 23.2 Å². The normalized spacial score (nSPS) is 19.4. The van der Waals surface area contributed by atoms with Gasteiger partial charge in [0.15, 0.2) is 5.78 Å². The summed E-state index contributed by atoms with van der Waals surface area (Å²) in [5.41, 5.74) is 0.515. The maximum atomic E-state index is 12.2. The van der Waals surface area contributed by atoms with E-state index >= 15 is 0 Å². The number of hydrogen-bond donors (Lipinski definition) is 0. The molecule has 1 saturated heterocycles. The lowest BCUT2D eigenvalue weighted by Crippen LogP contribution is -2.35. The van der Waals surface area contributed by atoms with E-state index in [0.717, 1.165) is 12.2 Å². The quantitative estimate of drug-likeness (QED) is 0.793. The Hall–Kier alpha value is -0.220. The highest BCUT2D eigenvalue weighted by Crippen LogP contribution is 2.24. The second-order valence-electron chi connectivity index (χ2n) is 4.48. The van der Waals surface area contributed by atoms with E-state index in [-0.39, 0.29) is 5.78 Å². The highest BCUT2D eigenvalue weighted by Gasteiger charge is 2.22. The van der Waals surface area contributed by atoms with Crippen molar-refractivity contribution in [1.29, 1.82) is 0 Å². The number of thioether (sulfide) groups is 1. The summed E-state index contributed by atoms with van der Waals surface area (Å²) in [6.45, 7) is 0.394. The molecule has 1 aromatic carbocycles. The van der Waals surface area contributed by atoms with Crippen molar-refractivity contribution in [1.82, 2.24) is 4.90 Å². The average molecular weight is 304 g/mol. The lowest BCUT2D eigenvalue weighted by molar-refractivity contribution is 0.0927. The van der Waals surface area contributed by atoms with E-state index in [1.807, 2.05) is 18.8 Å². The first kappa shape index (κ1) is 14.2. The number of rotatable bonds is 4. The van der Waals surface area contributed by atoms with Gasteiger partial charge in [0.05, 0.1) is 11.6 Å². The van der Waals surface area contributed by atoms with Crippen molar-refractivity contribution in [2.24, 2.45) is 0 Å². The van der Waals surface area contributed by atoms with Crippen molar-refractivity contribution >= 4 is 40.7 Å². The summed E-state index contributed by atoms with van der Waals surface area (Å²) in [7, 11) is 1.99. The summed E-state index contributed by atoms with van der Waals surface area (Å²) in [5.74, 6) is 2.32. The minimum atomic E-state index is 0.0295. The van der Waals surface area contributed by atoms with Crippen molar-refractivity contribution in [3.05, 3.63) is 33.8 Å².